The summed E-state index contributed by atoms with van der Waals surface area (Å²) < 4.78 is 9.91. The highest BCUT2D eigenvalue weighted by Gasteiger charge is 2.06. The summed E-state index contributed by atoms with van der Waals surface area (Å²) in [4.78, 5) is 16.3. The Morgan fingerprint density at radius 3 is 2.94 bits per heavy atom. The maximum Gasteiger partial charge on any atom is 0.275 e. The number of ether oxygens (including phenoxy) is 2. The minimum atomic E-state index is -0.335. The quantitative estimate of drug-likeness (QED) is 0.451. The lowest BCUT2D eigenvalue weighted by molar-refractivity contribution is -0.0704. The molecule has 0 saturated carbocycles. The van der Waals surface area contributed by atoms with E-state index >= 15 is 0 Å². The van der Waals surface area contributed by atoms with Gasteiger partial charge in [-0.1, -0.05) is 6.07 Å². The third-order valence-corrected chi connectivity index (χ3v) is 1.75. The molecule has 88 valence electrons. The third kappa shape index (κ3) is 3.88. The van der Waals surface area contributed by atoms with Crippen molar-refractivity contribution in [2.24, 2.45) is 0 Å². The van der Waals surface area contributed by atoms with E-state index in [1.165, 1.54) is 7.11 Å². The molecule has 1 amide bonds. The van der Waals surface area contributed by atoms with E-state index in [9.17, 15) is 4.79 Å². The zero-order valence-electron chi connectivity index (χ0n) is 9.36. The van der Waals surface area contributed by atoms with Crippen molar-refractivity contribution < 1.29 is 19.1 Å². The van der Waals surface area contributed by atoms with Crippen LogP contribution >= 0.6 is 0 Å². The molecule has 0 atom stereocenters. The molecule has 0 aliphatic rings. The summed E-state index contributed by atoms with van der Waals surface area (Å²) in [5.74, 6) is 0.320. The number of nitrogens with one attached hydrogen (secondary N) is 1. The van der Waals surface area contributed by atoms with Crippen molar-refractivity contribution in [2.45, 2.75) is 6.92 Å². The number of carbonyl (C=O) groups is 1. The van der Waals surface area contributed by atoms with Crippen molar-refractivity contribution in [1.82, 2.24) is 5.48 Å². The molecule has 0 saturated heterocycles. The lowest BCUT2D eigenvalue weighted by Crippen LogP contribution is -2.24. The fourth-order valence-electron chi connectivity index (χ4n) is 1.11. The Kier molecular flexibility index (Phi) is 5.31. The number of hydrogen-bond acceptors (Lipinski definition) is 4. The van der Waals surface area contributed by atoms with Gasteiger partial charge < -0.3 is 9.47 Å². The number of carbonyl (C=O) groups excluding carboxylic acids is 1. The lowest BCUT2D eigenvalue weighted by atomic mass is 10.2. The zero-order valence-corrected chi connectivity index (χ0v) is 9.36. The van der Waals surface area contributed by atoms with Gasteiger partial charge >= 0.3 is 0 Å². The van der Waals surface area contributed by atoms with Crippen LogP contribution in [0.2, 0.25) is 0 Å². The minimum Gasteiger partial charge on any atom is -0.494 e. The van der Waals surface area contributed by atoms with E-state index in [1.54, 1.807) is 24.3 Å². The molecule has 5 nitrogen and oxygen atoms in total. The second kappa shape index (κ2) is 6.81. The molecule has 1 aromatic carbocycles. The van der Waals surface area contributed by atoms with Gasteiger partial charge in [0, 0.05) is 12.7 Å². The van der Waals surface area contributed by atoms with E-state index in [4.69, 9.17) is 9.57 Å². The van der Waals surface area contributed by atoms with Crippen LogP contribution in [-0.4, -0.2) is 26.4 Å². The summed E-state index contributed by atoms with van der Waals surface area (Å²) in [6.07, 6.45) is 0. The predicted octanol–water partition coefficient (Wildman–Crippen LogP) is 1.35. The van der Waals surface area contributed by atoms with E-state index in [0.29, 0.717) is 17.9 Å². The second-order valence-corrected chi connectivity index (χ2v) is 2.94. The lowest BCUT2D eigenvalue weighted by Gasteiger charge is -2.06. The molecule has 1 aromatic rings. The summed E-state index contributed by atoms with van der Waals surface area (Å²) in [5.41, 5.74) is 2.72. The Labute approximate surface area is 94.3 Å². The molecule has 0 aliphatic carbocycles. The van der Waals surface area contributed by atoms with Crippen LogP contribution in [0.25, 0.3) is 0 Å². The van der Waals surface area contributed by atoms with E-state index in [2.05, 4.69) is 10.2 Å². The molecule has 5 heteroatoms. The van der Waals surface area contributed by atoms with Crippen LogP contribution < -0.4 is 10.2 Å². The van der Waals surface area contributed by atoms with Gasteiger partial charge in [0.05, 0.1) is 6.61 Å². The monoisotopic (exact) mass is 225 g/mol. The van der Waals surface area contributed by atoms with Crippen LogP contribution in [0.15, 0.2) is 24.3 Å². The van der Waals surface area contributed by atoms with Gasteiger partial charge in [0.25, 0.3) is 5.91 Å². The van der Waals surface area contributed by atoms with Crippen LogP contribution in [0.5, 0.6) is 5.75 Å². The van der Waals surface area contributed by atoms with Gasteiger partial charge in [0.15, 0.2) is 6.79 Å². The van der Waals surface area contributed by atoms with E-state index < -0.39 is 0 Å². The Bertz CT molecular complexity index is 341. The largest absolute Gasteiger partial charge is 0.494 e. The summed E-state index contributed by atoms with van der Waals surface area (Å²) in [6, 6.07) is 6.86. The molecule has 0 spiro atoms. The number of hydrogen-bond donors (Lipinski definition) is 1. The Morgan fingerprint density at radius 1 is 1.44 bits per heavy atom. The first-order chi connectivity index (χ1) is 7.77. The van der Waals surface area contributed by atoms with Crippen molar-refractivity contribution in [3.05, 3.63) is 29.8 Å². The SMILES string of the molecule is CCOc1cccc(C(=O)NOCOC)c1. The topological polar surface area (TPSA) is 56.8 Å². The van der Waals surface area contributed by atoms with Crippen molar-refractivity contribution >= 4 is 5.91 Å². The molecular weight excluding hydrogens is 210 g/mol. The van der Waals surface area contributed by atoms with Gasteiger partial charge in [-0.15, -0.1) is 0 Å². The average Bonchev–Trinajstić information content (AvgIpc) is 2.30. The Hall–Kier alpha value is -1.59. The van der Waals surface area contributed by atoms with Gasteiger partial charge in [-0.25, -0.2) is 10.3 Å². The molecule has 0 radical (unpaired) electrons. The number of rotatable bonds is 6. The molecule has 0 unspecified atom stereocenters. The Balaban J connectivity index is 2.57. The van der Waals surface area contributed by atoms with Gasteiger partial charge in [0.2, 0.25) is 0 Å². The molecular formula is C11H15NO4. The van der Waals surface area contributed by atoms with E-state index in [-0.39, 0.29) is 12.7 Å². The van der Waals surface area contributed by atoms with Gasteiger partial charge in [0.1, 0.15) is 5.75 Å². The fraction of sp³-hybridized carbons (Fsp3) is 0.364. The van der Waals surface area contributed by atoms with Crippen LogP contribution in [0.3, 0.4) is 0 Å². The Morgan fingerprint density at radius 2 is 2.25 bits per heavy atom. The predicted molar refractivity (Wildman–Crippen MR) is 58.0 cm³/mol. The van der Waals surface area contributed by atoms with Crippen molar-refractivity contribution in [1.29, 1.82) is 0 Å². The minimum absolute atomic E-state index is 0.0108. The van der Waals surface area contributed by atoms with Crippen LogP contribution in [-0.2, 0) is 9.57 Å². The average molecular weight is 225 g/mol. The number of hydroxylamine groups is 1. The molecule has 0 fully saturated rings. The summed E-state index contributed by atoms with van der Waals surface area (Å²) in [7, 11) is 1.47. The molecule has 0 aromatic heterocycles. The highest BCUT2D eigenvalue weighted by molar-refractivity contribution is 5.93. The molecule has 0 aliphatic heterocycles. The molecule has 1 rings (SSSR count). The van der Waals surface area contributed by atoms with E-state index in [1.807, 2.05) is 6.92 Å². The van der Waals surface area contributed by atoms with Gasteiger partial charge in [-0.05, 0) is 25.1 Å². The van der Waals surface area contributed by atoms with Gasteiger partial charge in [-0.3, -0.25) is 4.79 Å². The second-order valence-electron chi connectivity index (χ2n) is 2.94. The zero-order chi connectivity index (χ0) is 11.8. The summed E-state index contributed by atoms with van der Waals surface area (Å²) >= 11 is 0. The standard InChI is InChI=1S/C11H15NO4/c1-3-15-10-6-4-5-9(7-10)11(13)12-16-8-14-2/h4-7H,3,8H2,1-2H3,(H,12,13). The maximum atomic E-state index is 11.5. The van der Waals surface area contributed by atoms with Crippen molar-refractivity contribution in [2.75, 3.05) is 20.5 Å². The number of methoxy groups -OCH3 is 1. The number of amides is 1. The van der Waals surface area contributed by atoms with Crippen LogP contribution in [0.4, 0.5) is 0 Å². The van der Waals surface area contributed by atoms with Gasteiger partial charge in [-0.2, -0.15) is 0 Å². The normalized spacial score (nSPS) is 9.88. The summed E-state index contributed by atoms with van der Waals surface area (Å²) in [5, 5.41) is 0. The first-order valence-corrected chi connectivity index (χ1v) is 4.92. The summed E-state index contributed by atoms with van der Waals surface area (Å²) in [6.45, 7) is 2.45. The molecule has 16 heavy (non-hydrogen) atoms. The molecule has 1 N–H and O–H groups in total. The van der Waals surface area contributed by atoms with Crippen molar-refractivity contribution in [3.8, 4) is 5.75 Å². The fourth-order valence-corrected chi connectivity index (χ4v) is 1.11. The molecule has 0 bridgehead atoms. The smallest absolute Gasteiger partial charge is 0.275 e. The van der Waals surface area contributed by atoms with E-state index in [0.717, 1.165) is 0 Å². The first kappa shape index (κ1) is 12.5. The van der Waals surface area contributed by atoms with Crippen molar-refractivity contribution in [3.63, 3.8) is 0 Å². The first-order valence-electron chi connectivity index (χ1n) is 4.92. The van der Waals surface area contributed by atoms with Crippen LogP contribution in [0.1, 0.15) is 17.3 Å². The third-order valence-electron chi connectivity index (χ3n) is 1.75. The highest BCUT2D eigenvalue weighted by Crippen LogP contribution is 2.12. The number of benzene rings is 1. The molecule has 0 heterocycles. The highest BCUT2D eigenvalue weighted by atomic mass is 16.8. The van der Waals surface area contributed by atoms with Crippen LogP contribution in [0, 0.1) is 0 Å². The maximum absolute atomic E-state index is 11.5.